The van der Waals surface area contributed by atoms with Crippen LogP contribution in [0.15, 0.2) is 66.7 Å². The number of benzene rings is 3. The second kappa shape index (κ2) is 9.49. The number of nitro benzene ring substituents is 1. The molecule has 0 saturated carbocycles. The van der Waals surface area contributed by atoms with Gasteiger partial charge in [-0.2, -0.15) is 4.39 Å². The molecule has 3 aromatic carbocycles. The molecule has 0 saturated heterocycles. The van der Waals surface area contributed by atoms with Crippen molar-refractivity contribution in [1.29, 1.82) is 0 Å². The lowest BCUT2D eigenvalue weighted by Gasteiger charge is -2.25. The maximum absolute atomic E-state index is 13.4. The number of fused-ring (bicyclic) bond motifs is 1. The first-order valence-electron chi connectivity index (χ1n) is 10.1. The first-order valence-corrected chi connectivity index (χ1v) is 10.1. The molecule has 1 amide bonds. The Kier molecular flexibility index (Phi) is 6.30. The number of nitro groups is 1. The molecule has 1 heterocycles. The average Bonchev–Trinajstić information content (AvgIpc) is 2.83. The Morgan fingerprint density at radius 3 is 2.62 bits per heavy atom. The van der Waals surface area contributed by atoms with E-state index in [0.29, 0.717) is 17.5 Å². The third-order valence-electron chi connectivity index (χ3n) is 5.15. The highest BCUT2D eigenvalue weighted by atomic mass is 19.1. The zero-order valence-corrected chi connectivity index (χ0v) is 17.5. The van der Waals surface area contributed by atoms with Crippen LogP contribution in [0.25, 0.3) is 0 Å². The van der Waals surface area contributed by atoms with Gasteiger partial charge in [0.25, 0.3) is 5.91 Å². The number of nitrogens with zero attached hydrogens (tertiary/aromatic N) is 1. The molecule has 4 rings (SSSR count). The summed E-state index contributed by atoms with van der Waals surface area (Å²) in [6.07, 6.45) is -0.117. The number of amides is 1. The van der Waals surface area contributed by atoms with Crippen LogP contribution < -0.4 is 5.32 Å². The van der Waals surface area contributed by atoms with Crippen LogP contribution in [0.1, 0.15) is 37.9 Å². The van der Waals surface area contributed by atoms with Crippen molar-refractivity contribution in [3.05, 3.63) is 105 Å². The van der Waals surface area contributed by atoms with Gasteiger partial charge in [0.15, 0.2) is 6.61 Å². The number of ether oxygens (including phenoxy) is 2. The number of esters is 2. The molecule has 3 aromatic rings. The molecule has 10 heteroatoms. The van der Waals surface area contributed by atoms with E-state index in [0.717, 1.165) is 23.8 Å². The standard InChI is InChI=1S/C24H17FN2O7/c25-19-9-7-17(12-20(19)27(31)32)26-22(28)13-33-23(29)15-6-8-18-16(10-15)11-21(34-24(18)30)14-4-2-1-3-5-14/h1-10,12,21H,11,13H2,(H,26,28). The van der Waals surface area contributed by atoms with Crippen LogP contribution in [0.4, 0.5) is 15.8 Å². The largest absolute Gasteiger partial charge is 0.454 e. The number of halogens is 1. The number of cyclic esters (lactones) is 1. The zero-order valence-electron chi connectivity index (χ0n) is 17.5. The Bertz CT molecular complexity index is 1290. The summed E-state index contributed by atoms with van der Waals surface area (Å²) in [5, 5.41) is 13.1. The van der Waals surface area contributed by atoms with Crippen LogP contribution in [0.3, 0.4) is 0 Å². The Labute approximate surface area is 192 Å². The van der Waals surface area contributed by atoms with Crippen molar-refractivity contribution < 1.29 is 33.2 Å². The van der Waals surface area contributed by atoms with Crippen molar-refractivity contribution in [2.75, 3.05) is 11.9 Å². The lowest BCUT2D eigenvalue weighted by Crippen LogP contribution is -2.23. The molecule has 1 atom stereocenters. The van der Waals surface area contributed by atoms with E-state index in [2.05, 4.69) is 5.32 Å². The molecule has 0 aliphatic carbocycles. The van der Waals surface area contributed by atoms with Gasteiger partial charge >= 0.3 is 17.6 Å². The van der Waals surface area contributed by atoms with E-state index in [4.69, 9.17) is 9.47 Å². The minimum Gasteiger partial charge on any atom is -0.454 e. The Morgan fingerprint density at radius 1 is 1.12 bits per heavy atom. The summed E-state index contributed by atoms with van der Waals surface area (Å²) in [6.45, 7) is -0.671. The van der Waals surface area contributed by atoms with Crippen LogP contribution in [-0.4, -0.2) is 29.4 Å². The molecule has 1 aliphatic rings. The van der Waals surface area contributed by atoms with E-state index in [1.807, 2.05) is 30.3 Å². The van der Waals surface area contributed by atoms with Crippen molar-refractivity contribution in [1.82, 2.24) is 0 Å². The number of rotatable bonds is 6. The van der Waals surface area contributed by atoms with Gasteiger partial charge in [0.1, 0.15) is 6.10 Å². The maximum Gasteiger partial charge on any atom is 0.339 e. The Morgan fingerprint density at radius 2 is 1.88 bits per heavy atom. The molecule has 34 heavy (non-hydrogen) atoms. The third kappa shape index (κ3) is 4.90. The molecule has 0 aromatic heterocycles. The highest BCUT2D eigenvalue weighted by Gasteiger charge is 2.28. The summed E-state index contributed by atoms with van der Waals surface area (Å²) in [5.74, 6) is -3.10. The number of carbonyl (C=O) groups is 3. The van der Waals surface area contributed by atoms with Crippen LogP contribution in [-0.2, 0) is 20.7 Å². The van der Waals surface area contributed by atoms with E-state index in [9.17, 15) is 28.9 Å². The number of nitrogens with one attached hydrogen (secondary N) is 1. The summed E-state index contributed by atoms with van der Waals surface area (Å²) < 4.78 is 23.9. The van der Waals surface area contributed by atoms with Gasteiger partial charge in [0, 0.05) is 18.2 Å². The lowest BCUT2D eigenvalue weighted by molar-refractivity contribution is -0.387. The predicted octanol–water partition coefficient (Wildman–Crippen LogP) is 3.98. The predicted molar refractivity (Wildman–Crippen MR) is 117 cm³/mol. The maximum atomic E-state index is 13.4. The average molecular weight is 464 g/mol. The smallest absolute Gasteiger partial charge is 0.339 e. The topological polar surface area (TPSA) is 125 Å². The van der Waals surface area contributed by atoms with E-state index >= 15 is 0 Å². The van der Waals surface area contributed by atoms with Gasteiger partial charge in [-0.25, -0.2) is 9.59 Å². The van der Waals surface area contributed by atoms with Crippen LogP contribution in [0.5, 0.6) is 0 Å². The van der Waals surface area contributed by atoms with Gasteiger partial charge in [0.05, 0.1) is 16.1 Å². The lowest BCUT2D eigenvalue weighted by atomic mass is 9.93. The molecule has 9 nitrogen and oxygen atoms in total. The highest BCUT2D eigenvalue weighted by molar-refractivity contribution is 5.97. The molecular formula is C24H17FN2O7. The zero-order chi connectivity index (χ0) is 24.2. The summed E-state index contributed by atoms with van der Waals surface area (Å²) >= 11 is 0. The molecule has 172 valence electrons. The molecule has 0 fully saturated rings. The highest BCUT2D eigenvalue weighted by Crippen LogP contribution is 2.31. The molecule has 1 aliphatic heterocycles. The Balaban J connectivity index is 1.40. The van der Waals surface area contributed by atoms with Gasteiger partial charge in [-0.15, -0.1) is 0 Å². The van der Waals surface area contributed by atoms with Gasteiger partial charge in [-0.05, 0) is 41.5 Å². The summed E-state index contributed by atoms with van der Waals surface area (Å²) in [4.78, 5) is 46.8. The van der Waals surface area contributed by atoms with Crippen molar-refractivity contribution in [2.24, 2.45) is 0 Å². The van der Waals surface area contributed by atoms with Crippen LogP contribution >= 0.6 is 0 Å². The second-order valence-corrected chi connectivity index (χ2v) is 7.43. The number of hydrogen-bond acceptors (Lipinski definition) is 7. The first-order chi connectivity index (χ1) is 16.3. The molecule has 1 N–H and O–H groups in total. The second-order valence-electron chi connectivity index (χ2n) is 7.43. The minimum absolute atomic E-state index is 0.0200. The van der Waals surface area contributed by atoms with Crippen molar-refractivity contribution in [2.45, 2.75) is 12.5 Å². The summed E-state index contributed by atoms with van der Waals surface area (Å²) in [7, 11) is 0. The number of carbonyl (C=O) groups excluding carboxylic acids is 3. The number of anilines is 1. The first kappa shape index (κ1) is 22.6. The minimum atomic E-state index is -1.04. The fourth-order valence-electron chi connectivity index (χ4n) is 3.52. The monoisotopic (exact) mass is 464 g/mol. The SMILES string of the molecule is O=C(COC(=O)c1ccc2c(c1)CC(c1ccccc1)OC2=O)Nc1ccc(F)c([N+](=O)[O-])c1. The van der Waals surface area contributed by atoms with Crippen molar-refractivity contribution in [3.8, 4) is 0 Å². The van der Waals surface area contributed by atoms with Gasteiger partial charge in [-0.3, -0.25) is 14.9 Å². The van der Waals surface area contributed by atoms with E-state index in [1.165, 1.54) is 18.2 Å². The molecule has 0 spiro atoms. The van der Waals surface area contributed by atoms with Crippen LogP contribution in [0, 0.1) is 15.9 Å². The molecule has 0 bridgehead atoms. The van der Waals surface area contributed by atoms with Gasteiger partial charge in [-0.1, -0.05) is 30.3 Å². The molecule has 0 radical (unpaired) electrons. The molecule has 1 unspecified atom stereocenters. The summed E-state index contributed by atoms with van der Waals surface area (Å²) in [5.41, 5.74) is 1.12. The van der Waals surface area contributed by atoms with E-state index in [1.54, 1.807) is 0 Å². The van der Waals surface area contributed by atoms with Crippen molar-refractivity contribution in [3.63, 3.8) is 0 Å². The third-order valence-corrected chi connectivity index (χ3v) is 5.15. The quantitative estimate of drug-likeness (QED) is 0.332. The Hall–Kier alpha value is -4.60. The number of hydrogen-bond donors (Lipinski definition) is 1. The molecular weight excluding hydrogens is 447 g/mol. The van der Waals surface area contributed by atoms with Gasteiger partial charge in [0.2, 0.25) is 5.82 Å². The fourth-order valence-corrected chi connectivity index (χ4v) is 3.52. The van der Waals surface area contributed by atoms with Gasteiger partial charge < -0.3 is 14.8 Å². The van der Waals surface area contributed by atoms with E-state index < -0.39 is 47.0 Å². The summed E-state index contributed by atoms with van der Waals surface area (Å²) in [6, 6.07) is 16.4. The van der Waals surface area contributed by atoms with Crippen LogP contribution in [0.2, 0.25) is 0 Å². The van der Waals surface area contributed by atoms with Crippen molar-refractivity contribution >= 4 is 29.2 Å². The van der Waals surface area contributed by atoms with E-state index in [-0.39, 0.29) is 11.3 Å². The normalized spacial score (nSPS) is 14.5. The fraction of sp³-hybridized carbons (Fsp3) is 0.125.